The number of phosphoric acid groups is 2. The van der Waals surface area contributed by atoms with Crippen LogP contribution in [0.15, 0.2) is 158 Å². The van der Waals surface area contributed by atoms with Crippen molar-refractivity contribution in [3.05, 3.63) is 158 Å². The molecular formula is C77H126O16P2. The molecule has 0 heterocycles. The number of aliphatic hydroxyl groups excluding tert-OH is 2. The van der Waals surface area contributed by atoms with Crippen LogP contribution >= 0.6 is 15.6 Å². The smallest absolute Gasteiger partial charge is 0.463 e. The molecule has 5 atom stereocenters. The molecule has 0 fully saturated rings. The number of rotatable bonds is 66. The van der Waals surface area contributed by atoms with E-state index in [0.29, 0.717) is 19.3 Å². The van der Waals surface area contributed by atoms with Crippen LogP contribution in [0.5, 0.6) is 0 Å². The van der Waals surface area contributed by atoms with Gasteiger partial charge in [0.25, 0.3) is 0 Å². The molecule has 0 aromatic rings. The normalized spacial score (nSPS) is 15.1. The number of phosphoric ester groups is 2. The molecule has 540 valence electrons. The highest BCUT2D eigenvalue weighted by atomic mass is 31.2. The van der Waals surface area contributed by atoms with Crippen molar-refractivity contribution >= 4 is 33.6 Å². The van der Waals surface area contributed by atoms with Gasteiger partial charge in [0, 0.05) is 19.3 Å². The third kappa shape index (κ3) is 70.3. The number of hydrogen-bond donors (Lipinski definition) is 4. The molecule has 0 saturated carbocycles. The van der Waals surface area contributed by atoms with E-state index in [-0.39, 0.29) is 19.3 Å². The van der Waals surface area contributed by atoms with Crippen molar-refractivity contribution in [2.75, 3.05) is 39.6 Å². The second-order valence-corrected chi connectivity index (χ2v) is 26.2. The maximum absolute atomic E-state index is 12.9. The van der Waals surface area contributed by atoms with Crippen LogP contribution < -0.4 is 0 Å². The van der Waals surface area contributed by atoms with E-state index in [4.69, 9.17) is 32.3 Å². The second kappa shape index (κ2) is 69.1. The lowest BCUT2D eigenvalue weighted by molar-refractivity contribution is -0.161. The predicted molar refractivity (Wildman–Crippen MR) is 389 cm³/mol. The number of unbranched alkanes of at least 4 members (excludes halogenated alkanes) is 17. The molecule has 0 rings (SSSR count). The van der Waals surface area contributed by atoms with Crippen LogP contribution in [-0.2, 0) is 55.8 Å². The predicted octanol–water partition coefficient (Wildman–Crippen LogP) is 20.3. The highest BCUT2D eigenvalue weighted by Gasteiger charge is 2.29. The lowest BCUT2D eigenvalue weighted by atomic mass is 10.1. The lowest BCUT2D eigenvalue weighted by Gasteiger charge is -2.21. The van der Waals surface area contributed by atoms with E-state index >= 15 is 0 Å². The van der Waals surface area contributed by atoms with Gasteiger partial charge in [0.1, 0.15) is 25.4 Å². The van der Waals surface area contributed by atoms with Gasteiger partial charge in [-0.1, -0.05) is 243 Å². The van der Waals surface area contributed by atoms with Gasteiger partial charge in [-0.3, -0.25) is 32.5 Å². The maximum atomic E-state index is 12.9. The van der Waals surface area contributed by atoms with Gasteiger partial charge in [-0.2, -0.15) is 0 Å². The summed E-state index contributed by atoms with van der Waals surface area (Å²) in [5.41, 5.74) is 0. The van der Waals surface area contributed by atoms with Crippen molar-refractivity contribution in [3.63, 3.8) is 0 Å². The minimum Gasteiger partial charge on any atom is -0.463 e. The highest BCUT2D eigenvalue weighted by molar-refractivity contribution is 7.47. The van der Waals surface area contributed by atoms with Gasteiger partial charge < -0.3 is 34.2 Å². The fourth-order valence-corrected chi connectivity index (χ4v) is 10.4. The molecule has 0 spiro atoms. The average Bonchev–Trinajstić information content (AvgIpc) is 1.93. The van der Waals surface area contributed by atoms with E-state index in [0.717, 1.165) is 167 Å². The summed E-state index contributed by atoms with van der Waals surface area (Å²) in [6.07, 6.45) is 84.3. The van der Waals surface area contributed by atoms with Gasteiger partial charge >= 0.3 is 33.6 Å². The van der Waals surface area contributed by atoms with Crippen LogP contribution in [0.3, 0.4) is 0 Å². The first-order valence-electron chi connectivity index (χ1n) is 35.8. The Labute approximate surface area is 574 Å². The van der Waals surface area contributed by atoms with Crippen LogP contribution in [0, 0.1) is 0 Å². The fourth-order valence-electron chi connectivity index (χ4n) is 8.81. The Morgan fingerprint density at radius 3 is 0.884 bits per heavy atom. The quantitative estimate of drug-likeness (QED) is 0.0146. The van der Waals surface area contributed by atoms with Crippen molar-refractivity contribution in [1.82, 2.24) is 0 Å². The molecule has 0 aliphatic rings. The molecule has 0 amide bonds. The summed E-state index contributed by atoms with van der Waals surface area (Å²) in [6, 6.07) is 0. The monoisotopic (exact) mass is 1370 g/mol. The summed E-state index contributed by atoms with van der Waals surface area (Å²) in [4.78, 5) is 58.5. The third-order valence-electron chi connectivity index (χ3n) is 14.2. The molecule has 4 N–H and O–H groups in total. The van der Waals surface area contributed by atoms with E-state index in [2.05, 4.69) is 179 Å². The molecule has 16 nitrogen and oxygen atoms in total. The summed E-state index contributed by atoms with van der Waals surface area (Å²) >= 11 is 0. The van der Waals surface area contributed by atoms with Crippen molar-refractivity contribution < 1.29 is 75.8 Å². The molecule has 0 aromatic carbocycles. The maximum Gasteiger partial charge on any atom is 0.472 e. The fraction of sp³-hybridized carbons (Fsp3) is 0.623. The van der Waals surface area contributed by atoms with Crippen LogP contribution in [0.25, 0.3) is 0 Å². The van der Waals surface area contributed by atoms with Crippen molar-refractivity contribution in [3.8, 4) is 0 Å². The summed E-state index contributed by atoms with van der Waals surface area (Å²) < 4.78 is 60.9. The van der Waals surface area contributed by atoms with Gasteiger partial charge in [0.2, 0.25) is 0 Å². The Morgan fingerprint density at radius 2 is 0.558 bits per heavy atom. The zero-order valence-electron chi connectivity index (χ0n) is 58.5. The van der Waals surface area contributed by atoms with Crippen molar-refractivity contribution in [1.29, 1.82) is 0 Å². The zero-order valence-corrected chi connectivity index (χ0v) is 60.3. The van der Waals surface area contributed by atoms with E-state index in [9.17, 15) is 43.5 Å². The summed E-state index contributed by atoms with van der Waals surface area (Å²) in [7, 11) is -9.81. The molecule has 18 heteroatoms. The number of hydrogen-bond acceptors (Lipinski definition) is 14. The van der Waals surface area contributed by atoms with Crippen molar-refractivity contribution in [2.24, 2.45) is 0 Å². The first-order valence-corrected chi connectivity index (χ1v) is 38.8. The summed E-state index contributed by atoms with van der Waals surface area (Å²) in [6.45, 7) is 2.32. The largest absolute Gasteiger partial charge is 0.472 e. The average molecular weight is 1370 g/mol. The Kier molecular flexibility index (Phi) is 65.6. The molecule has 95 heavy (non-hydrogen) atoms. The van der Waals surface area contributed by atoms with Gasteiger partial charge in [0.15, 0.2) is 6.10 Å². The van der Waals surface area contributed by atoms with E-state index in [1.807, 2.05) is 0 Å². The number of ether oxygens (including phenoxy) is 3. The number of aliphatic hydroxyl groups is 2. The Bertz CT molecular complexity index is 2360. The molecule has 0 radical (unpaired) electrons. The topological polar surface area (TPSA) is 231 Å². The van der Waals surface area contributed by atoms with Gasteiger partial charge in [-0.25, -0.2) is 9.13 Å². The number of allylic oxidation sites excluding steroid dienone is 26. The molecule has 0 saturated heterocycles. The van der Waals surface area contributed by atoms with E-state index in [1.54, 1.807) is 0 Å². The third-order valence-corrected chi connectivity index (χ3v) is 16.1. The van der Waals surface area contributed by atoms with Crippen molar-refractivity contribution in [2.45, 2.75) is 270 Å². The molecule has 5 unspecified atom stereocenters. The Hall–Kier alpha value is -4.83. The Morgan fingerprint density at radius 1 is 0.305 bits per heavy atom. The van der Waals surface area contributed by atoms with E-state index in [1.165, 1.54) is 25.7 Å². The van der Waals surface area contributed by atoms with Crippen LogP contribution in [-0.4, -0.2) is 95.9 Å². The van der Waals surface area contributed by atoms with Crippen LogP contribution in [0.4, 0.5) is 0 Å². The minimum absolute atomic E-state index is 0.0744. The number of carbonyl (C=O) groups excluding carboxylic acids is 3. The molecular weight excluding hydrogens is 1240 g/mol. The summed E-state index contributed by atoms with van der Waals surface area (Å²) in [5.74, 6) is -1.65. The van der Waals surface area contributed by atoms with Gasteiger partial charge in [0.05, 0.1) is 26.4 Å². The zero-order chi connectivity index (χ0) is 69.5. The standard InChI is InChI=1S/C77H126O16P2/c1-4-7-10-13-16-19-22-25-28-30-32-34-35-37-39-40-43-45-48-51-54-57-60-63-75(80)87-66-72(78)67-89-94(83,84)90-68-73(79)69-91-95(85,86)92-71-74(93-77(82)65-62-59-56-53-50-47-42-27-24-21-18-15-12-9-6-3)70-88-76(81)64-61-58-55-52-49-46-44-41-38-36-33-31-29-26-23-20-17-14-11-8-5-2/h7,9-10,12,16-21,25-29,32-34,36-37,39,41-45,72-74,78-79H,4-6,8,11,13-15,22-24,30-31,35,38,40,46-71H2,1-3H3,(H,83,84)(H,85,86)/b10-7-,12-9-,19-16-,20-17-,21-18-,28-25-,29-26-,34-32-,36-33-,39-37-,42-27-,44-41-,45-43-. The molecule has 0 aliphatic heterocycles. The van der Waals surface area contributed by atoms with Crippen LogP contribution in [0.1, 0.15) is 252 Å². The first-order chi connectivity index (χ1) is 46.2. The molecule has 0 aromatic heterocycles. The van der Waals surface area contributed by atoms with E-state index < -0.39 is 91.5 Å². The molecule has 0 aliphatic carbocycles. The number of carbonyl (C=O) groups is 3. The second-order valence-electron chi connectivity index (χ2n) is 23.3. The number of esters is 3. The minimum atomic E-state index is -4.94. The SMILES string of the molecule is CC/C=C\C/C=C\C/C=C\C/C=C\C/C=C\C/C=C\CCCCCCC(=O)OCC(O)COP(=O)(O)OCC(O)COP(=O)(O)OCC(COC(=O)CCCCCCC/C=C\C/C=C\C/C=C\C/C=C\CCCCC)OC(=O)CCCCCCC/C=C\C/C=C\C/C=C\CC. The van der Waals surface area contributed by atoms with Gasteiger partial charge in [-0.15, -0.1) is 0 Å². The Balaban J connectivity index is 4.72. The summed E-state index contributed by atoms with van der Waals surface area (Å²) in [5, 5.41) is 20.6. The van der Waals surface area contributed by atoms with Crippen LogP contribution in [0.2, 0.25) is 0 Å². The van der Waals surface area contributed by atoms with Gasteiger partial charge in [-0.05, 0) is 148 Å². The molecule has 0 bridgehead atoms. The first kappa shape index (κ1) is 90.2. The highest BCUT2D eigenvalue weighted by Crippen LogP contribution is 2.45. The lowest BCUT2D eigenvalue weighted by Crippen LogP contribution is -2.30.